The van der Waals surface area contributed by atoms with Crippen LogP contribution in [-0.2, 0) is 11.3 Å². The number of benzene rings is 2. The second kappa shape index (κ2) is 11.1. The van der Waals surface area contributed by atoms with E-state index >= 15 is 0 Å². The molecule has 0 unspecified atom stereocenters. The van der Waals surface area contributed by atoms with Crippen LogP contribution in [0.15, 0.2) is 30.3 Å². The summed E-state index contributed by atoms with van der Waals surface area (Å²) in [4.78, 5) is 24.4. The lowest BCUT2D eigenvalue weighted by molar-refractivity contribution is 0.0469. The predicted molar refractivity (Wildman–Crippen MR) is 112 cm³/mol. The molecule has 0 aliphatic carbocycles. The van der Waals surface area contributed by atoms with Crippen LogP contribution in [0.4, 0.5) is 0 Å². The lowest BCUT2D eigenvalue weighted by Crippen LogP contribution is -2.09. The second-order valence-corrected chi connectivity index (χ2v) is 6.26. The van der Waals surface area contributed by atoms with Crippen molar-refractivity contribution in [2.75, 3.05) is 26.9 Å². The molecule has 2 rings (SSSR count). The third-order valence-corrected chi connectivity index (χ3v) is 4.19. The number of hydrogen-bond acceptors (Lipinski definition) is 7. The van der Waals surface area contributed by atoms with Crippen molar-refractivity contribution in [1.29, 1.82) is 0 Å². The number of carbonyl (C=O) groups is 2. The Bertz CT molecular complexity index is 862. The van der Waals surface area contributed by atoms with E-state index in [1.54, 1.807) is 30.3 Å². The van der Waals surface area contributed by atoms with Gasteiger partial charge in [-0.15, -0.1) is 0 Å². The average Bonchev–Trinajstić information content (AvgIpc) is 2.74. The van der Waals surface area contributed by atoms with Crippen LogP contribution in [0.1, 0.15) is 54.0 Å². The van der Waals surface area contributed by atoms with Crippen LogP contribution in [0, 0.1) is 0 Å². The maximum absolute atomic E-state index is 12.7. The largest absolute Gasteiger partial charge is 0.496 e. The van der Waals surface area contributed by atoms with Gasteiger partial charge in [-0.1, -0.05) is 0 Å². The van der Waals surface area contributed by atoms with Gasteiger partial charge >= 0.3 is 5.97 Å². The monoisotopic (exact) mass is 416 g/mol. The van der Waals surface area contributed by atoms with Crippen LogP contribution in [-0.4, -0.2) is 38.7 Å². The molecule has 7 nitrogen and oxygen atoms in total. The van der Waals surface area contributed by atoms with Gasteiger partial charge in [0, 0.05) is 11.1 Å². The van der Waals surface area contributed by atoms with Crippen molar-refractivity contribution >= 4 is 11.8 Å². The van der Waals surface area contributed by atoms with E-state index in [0.29, 0.717) is 53.9 Å². The van der Waals surface area contributed by atoms with Gasteiger partial charge < -0.3 is 23.7 Å². The maximum atomic E-state index is 12.7. The topological polar surface area (TPSA) is 80.3 Å². The first-order valence-corrected chi connectivity index (χ1v) is 9.86. The zero-order valence-electron chi connectivity index (χ0n) is 18.1. The fourth-order valence-electron chi connectivity index (χ4n) is 2.84. The molecule has 0 saturated carbocycles. The molecule has 0 saturated heterocycles. The van der Waals surface area contributed by atoms with Crippen LogP contribution in [0.5, 0.6) is 23.0 Å². The number of methoxy groups -OCH3 is 1. The van der Waals surface area contributed by atoms with Crippen molar-refractivity contribution in [1.82, 2.24) is 0 Å². The summed E-state index contributed by atoms with van der Waals surface area (Å²) in [6.45, 7) is 8.20. The molecule has 0 aliphatic heterocycles. The van der Waals surface area contributed by atoms with Crippen LogP contribution in [0.3, 0.4) is 0 Å². The van der Waals surface area contributed by atoms with Crippen molar-refractivity contribution in [3.05, 3.63) is 47.0 Å². The third kappa shape index (κ3) is 5.65. The van der Waals surface area contributed by atoms with Crippen molar-refractivity contribution < 1.29 is 33.3 Å². The van der Waals surface area contributed by atoms with Gasteiger partial charge in [0.15, 0.2) is 17.3 Å². The average molecular weight is 416 g/mol. The second-order valence-electron chi connectivity index (χ2n) is 6.26. The zero-order valence-corrected chi connectivity index (χ0v) is 18.1. The Morgan fingerprint density at radius 2 is 1.40 bits per heavy atom. The summed E-state index contributed by atoms with van der Waals surface area (Å²) in [6.07, 6.45) is 0. The number of Topliss-reactive ketones (excluding diaryl/α,β-unsaturated/α-hetero) is 1. The molecule has 0 fully saturated rings. The quantitative estimate of drug-likeness (QED) is 0.395. The highest BCUT2D eigenvalue weighted by Gasteiger charge is 2.20. The van der Waals surface area contributed by atoms with Crippen molar-refractivity contribution in [2.24, 2.45) is 0 Å². The van der Waals surface area contributed by atoms with E-state index in [1.165, 1.54) is 14.0 Å². The fourth-order valence-corrected chi connectivity index (χ4v) is 2.84. The molecule has 0 bridgehead atoms. The lowest BCUT2D eigenvalue weighted by atomic mass is 10.1. The number of hydrogen-bond donors (Lipinski definition) is 0. The Hall–Kier alpha value is -3.22. The van der Waals surface area contributed by atoms with Gasteiger partial charge in [0.1, 0.15) is 12.4 Å². The van der Waals surface area contributed by atoms with Gasteiger partial charge in [-0.2, -0.15) is 0 Å². The molecule has 0 heterocycles. The highest BCUT2D eigenvalue weighted by atomic mass is 16.5. The molecular formula is C23H28O7. The zero-order chi connectivity index (χ0) is 22.1. The van der Waals surface area contributed by atoms with E-state index in [0.717, 1.165) is 0 Å². The molecule has 0 N–H and O–H groups in total. The first-order chi connectivity index (χ1) is 14.4. The Kier molecular flexibility index (Phi) is 8.53. The minimum atomic E-state index is -0.560. The highest BCUT2D eigenvalue weighted by molar-refractivity contribution is 5.94. The van der Waals surface area contributed by atoms with E-state index in [9.17, 15) is 9.59 Å². The third-order valence-electron chi connectivity index (χ3n) is 4.19. The van der Waals surface area contributed by atoms with Gasteiger partial charge in [0.25, 0.3) is 0 Å². The van der Waals surface area contributed by atoms with Crippen molar-refractivity contribution in [2.45, 2.75) is 34.3 Å². The molecule has 30 heavy (non-hydrogen) atoms. The fraction of sp³-hybridized carbons (Fsp3) is 0.391. The number of ether oxygens (including phenoxy) is 5. The van der Waals surface area contributed by atoms with Gasteiger partial charge in [-0.3, -0.25) is 4.79 Å². The van der Waals surface area contributed by atoms with E-state index in [1.807, 2.05) is 20.8 Å². The summed E-state index contributed by atoms with van der Waals surface area (Å²) in [6, 6.07) is 8.15. The van der Waals surface area contributed by atoms with E-state index in [2.05, 4.69) is 0 Å². The summed E-state index contributed by atoms with van der Waals surface area (Å²) < 4.78 is 27.7. The van der Waals surface area contributed by atoms with Crippen LogP contribution in [0.2, 0.25) is 0 Å². The smallest absolute Gasteiger partial charge is 0.338 e. The molecule has 2 aromatic rings. The van der Waals surface area contributed by atoms with Crippen LogP contribution < -0.4 is 18.9 Å². The Labute approximate surface area is 176 Å². The molecule has 0 amide bonds. The Balaban J connectivity index is 2.30. The lowest BCUT2D eigenvalue weighted by Gasteiger charge is -2.17. The number of esters is 1. The normalized spacial score (nSPS) is 10.3. The van der Waals surface area contributed by atoms with E-state index in [-0.39, 0.29) is 18.0 Å². The molecule has 7 heteroatoms. The molecule has 0 aliphatic rings. The number of carbonyl (C=O) groups excluding carboxylic acids is 2. The molecule has 2 aromatic carbocycles. The standard InChI is InChI=1S/C23H28O7/c1-6-27-20-12-17(13-21(28-7-2)22(20)29-8-3)23(25)30-14-18-11-16(15(4)24)9-10-19(18)26-5/h9-13H,6-8,14H2,1-5H3. The van der Waals surface area contributed by atoms with Gasteiger partial charge in [-0.25, -0.2) is 4.79 Å². The highest BCUT2D eigenvalue weighted by Crippen LogP contribution is 2.39. The number of ketones is 1. The summed E-state index contributed by atoms with van der Waals surface area (Å²) in [5.41, 5.74) is 1.38. The summed E-state index contributed by atoms with van der Waals surface area (Å²) >= 11 is 0. The Morgan fingerprint density at radius 3 is 1.90 bits per heavy atom. The van der Waals surface area contributed by atoms with Gasteiger partial charge in [0.2, 0.25) is 5.75 Å². The van der Waals surface area contributed by atoms with E-state index < -0.39 is 5.97 Å². The molecule has 0 aromatic heterocycles. The minimum Gasteiger partial charge on any atom is -0.496 e. The first kappa shape index (κ1) is 23.1. The molecular weight excluding hydrogens is 388 g/mol. The molecule has 0 atom stereocenters. The first-order valence-electron chi connectivity index (χ1n) is 9.86. The van der Waals surface area contributed by atoms with Crippen LogP contribution >= 0.6 is 0 Å². The SMILES string of the molecule is CCOc1cc(C(=O)OCc2cc(C(C)=O)ccc2OC)cc(OCC)c1OCC. The predicted octanol–water partition coefficient (Wildman–Crippen LogP) is 4.45. The Morgan fingerprint density at radius 1 is 0.800 bits per heavy atom. The number of rotatable bonds is 11. The summed E-state index contributed by atoms with van der Waals surface area (Å²) in [5.74, 6) is 1.16. The van der Waals surface area contributed by atoms with E-state index in [4.69, 9.17) is 23.7 Å². The molecule has 0 spiro atoms. The summed E-state index contributed by atoms with van der Waals surface area (Å²) in [5, 5.41) is 0. The van der Waals surface area contributed by atoms with Gasteiger partial charge in [-0.05, 0) is 58.0 Å². The van der Waals surface area contributed by atoms with Gasteiger partial charge in [0.05, 0.1) is 32.5 Å². The van der Waals surface area contributed by atoms with Crippen molar-refractivity contribution in [3.8, 4) is 23.0 Å². The molecule has 162 valence electrons. The molecule has 0 radical (unpaired) electrons. The van der Waals surface area contributed by atoms with Crippen LogP contribution in [0.25, 0.3) is 0 Å². The summed E-state index contributed by atoms with van der Waals surface area (Å²) in [7, 11) is 1.52. The van der Waals surface area contributed by atoms with Crippen molar-refractivity contribution in [3.63, 3.8) is 0 Å². The minimum absolute atomic E-state index is 0.0513. The maximum Gasteiger partial charge on any atom is 0.338 e.